The van der Waals surface area contributed by atoms with Crippen LogP contribution in [0.1, 0.15) is 35.2 Å². The number of likely N-dealkylation sites (tertiary alicyclic amines) is 1. The van der Waals surface area contributed by atoms with Gasteiger partial charge in [-0.2, -0.15) is 5.10 Å². The molecule has 2 aromatic carbocycles. The highest BCUT2D eigenvalue weighted by Gasteiger charge is 2.20. The van der Waals surface area contributed by atoms with Gasteiger partial charge in [0.05, 0.1) is 30.9 Å². The molecule has 0 atom stereocenters. The molecular weight excluding hydrogens is 392 g/mol. The lowest BCUT2D eigenvalue weighted by Crippen LogP contribution is -2.35. The first-order valence-electron chi connectivity index (χ1n) is 10.6. The molecule has 0 unspecified atom stereocenters. The van der Waals surface area contributed by atoms with Crippen molar-refractivity contribution in [2.75, 3.05) is 20.2 Å². The van der Waals surface area contributed by atoms with Gasteiger partial charge in [0.25, 0.3) is 11.5 Å². The highest BCUT2D eigenvalue weighted by atomic mass is 16.5. The normalized spacial score (nSPS) is 14.3. The van der Waals surface area contributed by atoms with Gasteiger partial charge in [-0.05, 0) is 61.2 Å². The second-order valence-electron chi connectivity index (χ2n) is 7.93. The Kier molecular flexibility index (Phi) is 4.94. The molecule has 2 aromatic heterocycles. The van der Waals surface area contributed by atoms with Crippen molar-refractivity contribution in [3.63, 3.8) is 0 Å². The number of rotatable bonds is 4. The maximum absolute atomic E-state index is 13.3. The van der Waals surface area contributed by atoms with E-state index < -0.39 is 0 Å². The fraction of sp³-hybridized carbons (Fsp3) is 0.292. The van der Waals surface area contributed by atoms with E-state index in [2.05, 4.69) is 5.10 Å². The Morgan fingerprint density at radius 2 is 1.84 bits per heavy atom. The van der Waals surface area contributed by atoms with Gasteiger partial charge in [-0.25, -0.2) is 4.52 Å². The van der Waals surface area contributed by atoms with Gasteiger partial charge in [0.15, 0.2) is 0 Å². The minimum absolute atomic E-state index is 0.0162. The Hall–Kier alpha value is -3.61. The zero-order valence-electron chi connectivity index (χ0n) is 17.5. The maximum atomic E-state index is 13.3. The average molecular weight is 416 g/mol. The number of carbonyl (C=O) groups is 1. The van der Waals surface area contributed by atoms with Gasteiger partial charge in [-0.3, -0.25) is 9.59 Å². The topological polar surface area (TPSA) is 68.8 Å². The summed E-state index contributed by atoms with van der Waals surface area (Å²) in [6.07, 6.45) is 4.86. The number of methoxy groups -OCH3 is 1. The summed E-state index contributed by atoms with van der Waals surface area (Å²) in [5, 5.41) is 4.34. The molecule has 7 nitrogen and oxygen atoms in total. The SMILES string of the molecule is COc1cccc(Cn2c(=O)c3ccnn3c3ccc(C(=O)N4CCCCC4)cc32)c1. The van der Waals surface area contributed by atoms with E-state index >= 15 is 0 Å². The van der Waals surface area contributed by atoms with Gasteiger partial charge >= 0.3 is 0 Å². The third-order valence-electron chi connectivity index (χ3n) is 5.97. The van der Waals surface area contributed by atoms with Crippen molar-refractivity contribution in [2.24, 2.45) is 0 Å². The van der Waals surface area contributed by atoms with E-state index in [4.69, 9.17) is 4.74 Å². The Bertz CT molecular complexity index is 1330. The molecule has 1 aliphatic rings. The van der Waals surface area contributed by atoms with Crippen molar-refractivity contribution in [1.82, 2.24) is 19.1 Å². The molecule has 5 rings (SSSR count). The molecule has 1 amide bonds. The van der Waals surface area contributed by atoms with Crippen LogP contribution in [-0.2, 0) is 6.54 Å². The number of benzene rings is 2. The van der Waals surface area contributed by atoms with Gasteiger partial charge in [-0.15, -0.1) is 0 Å². The summed E-state index contributed by atoms with van der Waals surface area (Å²) >= 11 is 0. The molecule has 0 bridgehead atoms. The Morgan fingerprint density at radius 1 is 1.00 bits per heavy atom. The molecule has 1 fully saturated rings. The smallest absolute Gasteiger partial charge is 0.277 e. The van der Waals surface area contributed by atoms with Crippen molar-refractivity contribution in [2.45, 2.75) is 25.8 Å². The molecule has 7 heteroatoms. The standard InChI is InChI=1S/C24H24N4O3/c1-31-19-7-5-6-17(14-19)16-27-22-15-18(23(29)26-12-3-2-4-13-26)8-9-20(22)28-21(24(27)30)10-11-25-28/h5-11,14-15H,2-4,12-13,16H2,1H3. The van der Waals surface area contributed by atoms with E-state index in [9.17, 15) is 9.59 Å². The lowest BCUT2D eigenvalue weighted by atomic mass is 10.1. The fourth-order valence-corrected chi connectivity index (χ4v) is 4.35. The number of nitrogens with zero attached hydrogens (tertiary/aromatic N) is 4. The molecule has 4 aromatic rings. The molecule has 0 aliphatic carbocycles. The van der Waals surface area contributed by atoms with Gasteiger partial charge in [-0.1, -0.05) is 12.1 Å². The molecule has 0 spiro atoms. The number of aromatic nitrogens is 3. The third kappa shape index (κ3) is 3.46. The van der Waals surface area contributed by atoms with Gasteiger partial charge in [0.2, 0.25) is 0 Å². The van der Waals surface area contributed by atoms with Crippen LogP contribution in [0.5, 0.6) is 5.75 Å². The summed E-state index contributed by atoms with van der Waals surface area (Å²) in [4.78, 5) is 28.3. The first-order chi connectivity index (χ1) is 15.2. The van der Waals surface area contributed by atoms with Crippen LogP contribution in [-0.4, -0.2) is 45.2 Å². The van der Waals surface area contributed by atoms with E-state index in [1.807, 2.05) is 47.4 Å². The third-order valence-corrected chi connectivity index (χ3v) is 5.97. The molecule has 0 radical (unpaired) electrons. The highest BCUT2D eigenvalue weighted by Crippen LogP contribution is 2.21. The van der Waals surface area contributed by atoms with E-state index in [0.717, 1.165) is 42.8 Å². The quantitative estimate of drug-likeness (QED) is 0.512. The summed E-state index contributed by atoms with van der Waals surface area (Å²) in [6, 6.07) is 14.9. The summed E-state index contributed by atoms with van der Waals surface area (Å²) < 4.78 is 8.70. The van der Waals surface area contributed by atoms with Crippen molar-refractivity contribution in [3.05, 3.63) is 76.2 Å². The summed E-state index contributed by atoms with van der Waals surface area (Å²) in [7, 11) is 1.62. The minimum atomic E-state index is -0.143. The van der Waals surface area contributed by atoms with Crippen LogP contribution in [0, 0.1) is 0 Å². The van der Waals surface area contributed by atoms with Gasteiger partial charge in [0, 0.05) is 18.7 Å². The molecule has 1 aliphatic heterocycles. The monoisotopic (exact) mass is 416 g/mol. The summed E-state index contributed by atoms with van der Waals surface area (Å²) in [6.45, 7) is 1.94. The molecule has 158 valence electrons. The number of piperidine rings is 1. The largest absolute Gasteiger partial charge is 0.497 e. The van der Waals surface area contributed by atoms with Crippen molar-refractivity contribution < 1.29 is 9.53 Å². The van der Waals surface area contributed by atoms with E-state index in [-0.39, 0.29) is 11.5 Å². The number of fused-ring (bicyclic) bond motifs is 3. The van der Waals surface area contributed by atoms with Gasteiger partial charge in [0.1, 0.15) is 11.3 Å². The van der Waals surface area contributed by atoms with E-state index in [1.165, 1.54) is 6.42 Å². The van der Waals surface area contributed by atoms with Crippen LogP contribution in [0.2, 0.25) is 0 Å². The van der Waals surface area contributed by atoms with Crippen molar-refractivity contribution >= 4 is 22.5 Å². The molecular formula is C24H24N4O3. The van der Waals surface area contributed by atoms with Gasteiger partial charge < -0.3 is 14.2 Å². The van der Waals surface area contributed by atoms with Crippen molar-refractivity contribution in [1.29, 1.82) is 0 Å². The number of ether oxygens (including phenoxy) is 1. The van der Waals surface area contributed by atoms with E-state index in [1.54, 1.807) is 28.5 Å². The number of hydrogen-bond donors (Lipinski definition) is 0. The Labute approximate surface area is 179 Å². The number of hydrogen-bond acceptors (Lipinski definition) is 4. The number of amides is 1. The highest BCUT2D eigenvalue weighted by molar-refractivity contribution is 5.97. The molecule has 0 N–H and O–H groups in total. The fourth-order valence-electron chi connectivity index (χ4n) is 4.35. The first kappa shape index (κ1) is 19.4. The number of carbonyl (C=O) groups excluding carboxylic acids is 1. The van der Waals surface area contributed by atoms with Crippen LogP contribution in [0.4, 0.5) is 0 Å². The zero-order valence-corrected chi connectivity index (χ0v) is 17.5. The second-order valence-corrected chi connectivity index (χ2v) is 7.93. The van der Waals surface area contributed by atoms with Crippen LogP contribution < -0.4 is 10.3 Å². The van der Waals surface area contributed by atoms with Crippen molar-refractivity contribution in [3.8, 4) is 5.75 Å². The summed E-state index contributed by atoms with van der Waals surface area (Å²) in [5.74, 6) is 0.754. The van der Waals surface area contributed by atoms with Crippen LogP contribution in [0.15, 0.2) is 59.5 Å². The predicted molar refractivity (Wildman–Crippen MR) is 119 cm³/mol. The molecule has 0 saturated carbocycles. The summed E-state index contributed by atoms with van der Waals surface area (Å²) in [5.41, 5.74) is 3.38. The predicted octanol–water partition coefficient (Wildman–Crippen LogP) is 3.33. The molecule has 31 heavy (non-hydrogen) atoms. The Balaban J connectivity index is 1.66. The average Bonchev–Trinajstić information content (AvgIpc) is 3.32. The lowest BCUT2D eigenvalue weighted by Gasteiger charge is -2.27. The maximum Gasteiger partial charge on any atom is 0.277 e. The van der Waals surface area contributed by atoms with Crippen LogP contribution >= 0.6 is 0 Å². The second kappa shape index (κ2) is 7.91. The Morgan fingerprint density at radius 3 is 2.65 bits per heavy atom. The first-order valence-corrected chi connectivity index (χ1v) is 10.6. The zero-order chi connectivity index (χ0) is 21.4. The molecule has 3 heterocycles. The molecule has 1 saturated heterocycles. The van der Waals surface area contributed by atoms with Crippen LogP contribution in [0.3, 0.4) is 0 Å². The lowest BCUT2D eigenvalue weighted by molar-refractivity contribution is 0.0724. The van der Waals surface area contributed by atoms with Crippen LogP contribution in [0.25, 0.3) is 16.6 Å². The minimum Gasteiger partial charge on any atom is -0.497 e. The van der Waals surface area contributed by atoms with E-state index in [0.29, 0.717) is 23.1 Å².